The van der Waals surface area contributed by atoms with Crippen molar-refractivity contribution in [3.8, 4) is 0 Å². The van der Waals surface area contributed by atoms with Crippen molar-refractivity contribution >= 4 is 39.7 Å². The number of aromatic nitrogens is 2. The molecule has 7 nitrogen and oxygen atoms in total. The number of fused-ring (bicyclic) bond motifs is 1. The molecular weight excluding hydrogens is 430 g/mol. The van der Waals surface area contributed by atoms with E-state index in [2.05, 4.69) is 26.7 Å². The first kappa shape index (κ1) is 21.8. The highest BCUT2D eigenvalue weighted by Gasteiger charge is 2.20. The second-order valence-electron chi connectivity index (χ2n) is 7.34. The van der Waals surface area contributed by atoms with Crippen LogP contribution in [0.3, 0.4) is 0 Å². The van der Waals surface area contributed by atoms with Crippen molar-refractivity contribution in [3.05, 3.63) is 70.6 Å². The molecule has 31 heavy (non-hydrogen) atoms. The van der Waals surface area contributed by atoms with Crippen LogP contribution in [-0.4, -0.2) is 63.6 Å². The number of benzene rings is 1. The van der Waals surface area contributed by atoms with Crippen molar-refractivity contribution in [2.75, 3.05) is 43.8 Å². The quantitative estimate of drug-likeness (QED) is 0.416. The molecule has 3 heterocycles. The fourth-order valence-corrected chi connectivity index (χ4v) is 5.03. The Balaban J connectivity index is 1.27. The Kier molecular flexibility index (Phi) is 7.18. The van der Waals surface area contributed by atoms with Crippen LogP contribution in [0, 0.1) is 0 Å². The number of thiazole rings is 1. The second-order valence-corrected chi connectivity index (χ2v) is 9.27. The van der Waals surface area contributed by atoms with Crippen molar-refractivity contribution in [3.63, 3.8) is 0 Å². The molecule has 9 heteroatoms. The predicted octanol–water partition coefficient (Wildman–Crippen LogP) is 2.79. The molecule has 1 fully saturated rings. The largest absolute Gasteiger partial charge is 0.324 e. The summed E-state index contributed by atoms with van der Waals surface area (Å²) in [4.78, 5) is 35.5. The van der Waals surface area contributed by atoms with Crippen molar-refractivity contribution in [1.29, 1.82) is 0 Å². The number of amides is 1. The average Bonchev–Trinajstić information content (AvgIpc) is 3.24. The molecule has 162 valence electrons. The fraction of sp³-hybridized carbons (Fsp3) is 0.318. The summed E-state index contributed by atoms with van der Waals surface area (Å²) < 4.78 is 1.57. The number of carbonyl (C=O) groups excluding carboxylic acids is 1. The van der Waals surface area contributed by atoms with Crippen LogP contribution < -0.4 is 10.9 Å². The minimum atomic E-state index is -0.0388. The van der Waals surface area contributed by atoms with Gasteiger partial charge in [0, 0.05) is 61.0 Å². The molecule has 1 aliphatic rings. The molecule has 1 N–H and O–H groups in total. The van der Waals surface area contributed by atoms with Crippen LogP contribution in [0.4, 0.5) is 5.69 Å². The number of nitrogens with zero attached hydrogens (tertiary/aromatic N) is 4. The van der Waals surface area contributed by atoms with E-state index in [0.717, 1.165) is 53.2 Å². The lowest BCUT2D eigenvalue weighted by Gasteiger charge is -2.34. The molecule has 0 bridgehead atoms. The molecule has 3 aromatic rings. The lowest BCUT2D eigenvalue weighted by Crippen LogP contribution is -2.48. The van der Waals surface area contributed by atoms with Gasteiger partial charge in [0.15, 0.2) is 4.96 Å². The Hall–Kier alpha value is -2.46. The highest BCUT2D eigenvalue weighted by molar-refractivity contribution is 7.99. The van der Waals surface area contributed by atoms with Gasteiger partial charge in [-0.05, 0) is 12.1 Å². The normalized spacial score (nSPS) is 15.2. The van der Waals surface area contributed by atoms with Gasteiger partial charge in [-0.15, -0.1) is 29.7 Å². The first-order valence-electron chi connectivity index (χ1n) is 10.2. The number of hydrogen-bond acceptors (Lipinski definition) is 7. The lowest BCUT2D eigenvalue weighted by molar-refractivity contribution is -0.117. The molecule has 0 spiro atoms. The zero-order chi connectivity index (χ0) is 21.6. The molecule has 0 atom stereocenters. The molecule has 1 aliphatic heterocycles. The molecule has 1 aromatic carbocycles. The number of thioether (sulfide) groups is 1. The highest BCUT2D eigenvalue weighted by Crippen LogP contribution is 2.26. The van der Waals surface area contributed by atoms with E-state index in [4.69, 9.17) is 0 Å². The maximum Gasteiger partial charge on any atom is 0.258 e. The zero-order valence-corrected chi connectivity index (χ0v) is 18.8. The number of hydrogen-bond donors (Lipinski definition) is 1. The molecule has 0 aliphatic carbocycles. The van der Waals surface area contributed by atoms with Crippen LogP contribution in [0.2, 0.25) is 0 Å². The van der Waals surface area contributed by atoms with Crippen LogP contribution in [0.1, 0.15) is 5.69 Å². The van der Waals surface area contributed by atoms with Crippen LogP contribution in [0.25, 0.3) is 4.96 Å². The fourth-order valence-electron chi connectivity index (χ4n) is 3.54. The summed E-state index contributed by atoms with van der Waals surface area (Å²) in [5.74, 6) is 0.799. The topological polar surface area (TPSA) is 70.0 Å². The number of carbonyl (C=O) groups is 1. The first-order chi connectivity index (χ1) is 15.1. The van der Waals surface area contributed by atoms with E-state index in [9.17, 15) is 9.59 Å². The number of para-hydroxylation sites is 1. The van der Waals surface area contributed by atoms with E-state index in [1.165, 1.54) is 11.3 Å². The highest BCUT2D eigenvalue weighted by atomic mass is 32.2. The maximum absolute atomic E-state index is 12.6. The minimum Gasteiger partial charge on any atom is -0.324 e. The smallest absolute Gasteiger partial charge is 0.258 e. The summed E-state index contributed by atoms with van der Waals surface area (Å²) in [5.41, 5.74) is 1.61. The van der Waals surface area contributed by atoms with E-state index >= 15 is 0 Å². The maximum atomic E-state index is 12.6. The Morgan fingerprint density at radius 1 is 1.23 bits per heavy atom. The van der Waals surface area contributed by atoms with Crippen LogP contribution in [0.15, 0.2) is 64.3 Å². The summed E-state index contributed by atoms with van der Waals surface area (Å²) in [6, 6.07) is 9.46. The van der Waals surface area contributed by atoms with Gasteiger partial charge in [0.2, 0.25) is 5.91 Å². The lowest BCUT2D eigenvalue weighted by atomic mass is 10.2. The summed E-state index contributed by atoms with van der Waals surface area (Å²) in [6.07, 6.45) is 3.60. The number of rotatable bonds is 8. The van der Waals surface area contributed by atoms with Crippen molar-refractivity contribution in [2.45, 2.75) is 11.4 Å². The SMILES string of the molecule is C=CCSc1ccccc1NC(=O)CN1CCN(Cc2cc(=O)n3ccsc3n2)CC1. The van der Waals surface area contributed by atoms with E-state index in [0.29, 0.717) is 13.1 Å². The number of piperazine rings is 1. The van der Waals surface area contributed by atoms with Gasteiger partial charge >= 0.3 is 0 Å². The van der Waals surface area contributed by atoms with E-state index in [1.807, 2.05) is 35.7 Å². The van der Waals surface area contributed by atoms with E-state index < -0.39 is 0 Å². The molecule has 2 aromatic heterocycles. The Morgan fingerprint density at radius 2 is 2.00 bits per heavy atom. The van der Waals surface area contributed by atoms with Gasteiger partial charge < -0.3 is 5.32 Å². The third-order valence-corrected chi connectivity index (χ3v) is 6.92. The third-order valence-electron chi connectivity index (χ3n) is 5.09. The number of nitrogens with one attached hydrogen (secondary N) is 1. The average molecular weight is 456 g/mol. The molecule has 0 unspecified atom stereocenters. The van der Waals surface area contributed by atoms with E-state index in [-0.39, 0.29) is 11.5 Å². The van der Waals surface area contributed by atoms with Gasteiger partial charge in [0.1, 0.15) is 0 Å². The number of anilines is 1. The molecule has 0 radical (unpaired) electrons. The standard InChI is InChI=1S/C22H25N5O2S2/c1-2-12-30-19-6-4-3-5-18(19)24-20(28)16-26-9-7-25(8-10-26)15-17-14-21(29)27-11-13-31-22(27)23-17/h2-6,11,13-14H,1,7-10,12,15-16H2,(H,24,28). The molecule has 1 amide bonds. The molecule has 0 saturated carbocycles. The van der Waals surface area contributed by atoms with Gasteiger partial charge in [-0.1, -0.05) is 18.2 Å². The van der Waals surface area contributed by atoms with Crippen LogP contribution in [-0.2, 0) is 11.3 Å². The summed E-state index contributed by atoms with van der Waals surface area (Å²) >= 11 is 3.12. The Labute approximate surface area is 189 Å². The second kappa shape index (κ2) is 10.2. The van der Waals surface area contributed by atoms with Crippen LogP contribution >= 0.6 is 23.1 Å². The van der Waals surface area contributed by atoms with E-state index in [1.54, 1.807) is 28.4 Å². The van der Waals surface area contributed by atoms with Gasteiger partial charge in [0.25, 0.3) is 5.56 Å². The minimum absolute atomic E-state index is 0.00191. The summed E-state index contributed by atoms with van der Waals surface area (Å²) in [5, 5.41) is 4.91. The Bertz CT molecular complexity index is 1120. The van der Waals surface area contributed by atoms with Crippen molar-refractivity contribution < 1.29 is 4.79 Å². The summed E-state index contributed by atoms with van der Waals surface area (Å²) in [6.45, 7) is 8.06. The van der Waals surface area contributed by atoms with Gasteiger partial charge in [-0.3, -0.25) is 23.8 Å². The van der Waals surface area contributed by atoms with Crippen LogP contribution in [0.5, 0.6) is 0 Å². The van der Waals surface area contributed by atoms with Gasteiger partial charge in [-0.25, -0.2) is 4.98 Å². The Morgan fingerprint density at radius 3 is 2.81 bits per heavy atom. The molecule has 4 rings (SSSR count). The molecule has 1 saturated heterocycles. The predicted molar refractivity (Wildman–Crippen MR) is 127 cm³/mol. The zero-order valence-electron chi connectivity index (χ0n) is 17.2. The van der Waals surface area contributed by atoms with Gasteiger partial charge in [0.05, 0.1) is 17.9 Å². The monoisotopic (exact) mass is 455 g/mol. The van der Waals surface area contributed by atoms with Crippen molar-refractivity contribution in [2.24, 2.45) is 0 Å². The van der Waals surface area contributed by atoms with Crippen molar-refractivity contribution in [1.82, 2.24) is 19.2 Å². The third kappa shape index (κ3) is 5.62. The summed E-state index contributed by atoms with van der Waals surface area (Å²) in [7, 11) is 0. The molecular formula is C22H25N5O2S2. The van der Waals surface area contributed by atoms with Gasteiger partial charge in [-0.2, -0.15) is 0 Å². The first-order valence-corrected chi connectivity index (χ1v) is 12.0.